The van der Waals surface area contributed by atoms with Gasteiger partial charge in [-0.25, -0.2) is 4.79 Å². The number of likely N-dealkylation sites (tertiary alicyclic amines) is 1. The van der Waals surface area contributed by atoms with E-state index in [1.54, 1.807) is 4.90 Å². The van der Waals surface area contributed by atoms with Crippen molar-refractivity contribution >= 4 is 6.09 Å². The molecule has 2 N–H and O–H groups in total. The number of nitrogens with two attached hydrogens (primary N) is 1. The maximum atomic E-state index is 11.9. The largest absolute Gasteiger partial charge is 0.445 e. The fraction of sp³-hybridized carbons (Fsp3) is 0.533. The van der Waals surface area contributed by atoms with Crippen molar-refractivity contribution in [2.24, 2.45) is 11.7 Å². The molecule has 4 nitrogen and oxygen atoms in total. The predicted molar refractivity (Wildman–Crippen MR) is 74.6 cm³/mol. The number of amides is 1. The molecule has 1 heterocycles. The Morgan fingerprint density at radius 3 is 2.89 bits per heavy atom. The van der Waals surface area contributed by atoms with Crippen LogP contribution in [0.15, 0.2) is 30.3 Å². The van der Waals surface area contributed by atoms with E-state index in [9.17, 15) is 4.79 Å². The first kappa shape index (κ1) is 13.9. The lowest BCUT2D eigenvalue weighted by Gasteiger charge is -2.17. The van der Waals surface area contributed by atoms with Crippen molar-refractivity contribution < 1.29 is 9.53 Å². The first-order valence-electron chi connectivity index (χ1n) is 6.86. The second kappa shape index (κ2) is 6.57. The summed E-state index contributed by atoms with van der Waals surface area (Å²) in [6.07, 6.45) is 1.79. The van der Waals surface area contributed by atoms with Gasteiger partial charge in [-0.15, -0.1) is 0 Å². The lowest BCUT2D eigenvalue weighted by atomic mass is 10.0. The highest BCUT2D eigenvalue weighted by atomic mass is 16.6. The Labute approximate surface area is 114 Å². The Bertz CT molecular complexity index is 406. The smallest absolute Gasteiger partial charge is 0.410 e. The molecule has 1 fully saturated rings. The first-order chi connectivity index (χ1) is 9.15. The van der Waals surface area contributed by atoms with E-state index in [-0.39, 0.29) is 12.1 Å². The molecule has 104 valence electrons. The number of rotatable bonds is 4. The van der Waals surface area contributed by atoms with Crippen molar-refractivity contribution in [3.63, 3.8) is 0 Å². The van der Waals surface area contributed by atoms with Crippen LogP contribution in [0.3, 0.4) is 0 Å². The molecule has 1 aliphatic heterocycles. The van der Waals surface area contributed by atoms with Crippen molar-refractivity contribution in [3.8, 4) is 0 Å². The molecule has 0 spiro atoms. The van der Waals surface area contributed by atoms with Crippen molar-refractivity contribution in [2.45, 2.75) is 32.4 Å². The van der Waals surface area contributed by atoms with Gasteiger partial charge in [-0.1, -0.05) is 30.3 Å². The van der Waals surface area contributed by atoms with Gasteiger partial charge in [-0.05, 0) is 31.2 Å². The minimum absolute atomic E-state index is 0.199. The van der Waals surface area contributed by atoms with Gasteiger partial charge < -0.3 is 15.4 Å². The summed E-state index contributed by atoms with van der Waals surface area (Å²) in [5, 5.41) is 0. The lowest BCUT2D eigenvalue weighted by molar-refractivity contribution is 0.103. The van der Waals surface area contributed by atoms with Crippen LogP contribution in [0.5, 0.6) is 0 Å². The Kier molecular flexibility index (Phi) is 4.80. The molecule has 1 aliphatic rings. The third-order valence-corrected chi connectivity index (χ3v) is 3.45. The van der Waals surface area contributed by atoms with E-state index in [1.165, 1.54) is 0 Å². The van der Waals surface area contributed by atoms with Gasteiger partial charge in [0.15, 0.2) is 0 Å². The molecule has 0 saturated carbocycles. The monoisotopic (exact) mass is 262 g/mol. The van der Waals surface area contributed by atoms with Crippen LogP contribution in [-0.4, -0.2) is 30.1 Å². The minimum atomic E-state index is -0.212. The van der Waals surface area contributed by atoms with E-state index < -0.39 is 0 Å². The van der Waals surface area contributed by atoms with Gasteiger partial charge in [0.25, 0.3) is 0 Å². The Hall–Kier alpha value is -1.55. The molecule has 2 atom stereocenters. The molecule has 0 bridgehead atoms. The predicted octanol–water partition coefficient (Wildman–Crippen LogP) is 2.38. The van der Waals surface area contributed by atoms with Crippen LogP contribution >= 0.6 is 0 Å². The van der Waals surface area contributed by atoms with Crippen molar-refractivity contribution in [1.82, 2.24) is 4.90 Å². The van der Waals surface area contributed by atoms with Crippen LogP contribution in [0.1, 0.15) is 25.3 Å². The van der Waals surface area contributed by atoms with E-state index in [4.69, 9.17) is 10.5 Å². The number of carbonyl (C=O) groups excluding carboxylic acids is 1. The zero-order chi connectivity index (χ0) is 13.7. The molecule has 1 aromatic carbocycles. The summed E-state index contributed by atoms with van der Waals surface area (Å²) in [6, 6.07) is 9.94. The average molecular weight is 262 g/mol. The fourth-order valence-electron chi connectivity index (χ4n) is 2.53. The molecule has 2 rings (SSSR count). The maximum Gasteiger partial charge on any atom is 0.410 e. The summed E-state index contributed by atoms with van der Waals surface area (Å²) in [5.41, 5.74) is 6.81. The summed E-state index contributed by atoms with van der Waals surface area (Å²) < 4.78 is 5.32. The first-order valence-corrected chi connectivity index (χ1v) is 6.86. The molecule has 0 radical (unpaired) electrons. The standard InChI is InChI=1S/C15H22N2O2/c1-12(16)9-14-7-8-17(10-14)15(18)19-11-13-5-3-2-4-6-13/h2-6,12,14H,7-11,16H2,1H3. The van der Waals surface area contributed by atoms with E-state index >= 15 is 0 Å². The minimum Gasteiger partial charge on any atom is -0.445 e. The number of benzene rings is 1. The van der Waals surface area contributed by atoms with Crippen LogP contribution in [-0.2, 0) is 11.3 Å². The molecular formula is C15H22N2O2. The third-order valence-electron chi connectivity index (χ3n) is 3.45. The van der Waals surface area contributed by atoms with Crippen LogP contribution < -0.4 is 5.73 Å². The average Bonchev–Trinajstić information content (AvgIpc) is 2.85. The summed E-state index contributed by atoms with van der Waals surface area (Å²) in [6.45, 7) is 3.91. The normalized spacial score (nSPS) is 20.3. The zero-order valence-corrected chi connectivity index (χ0v) is 11.4. The number of carbonyl (C=O) groups is 1. The molecular weight excluding hydrogens is 240 g/mol. The zero-order valence-electron chi connectivity index (χ0n) is 11.4. The van der Waals surface area contributed by atoms with Gasteiger partial charge in [0.1, 0.15) is 6.61 Å². The van der Waals surface area contributed by atoms with Crippen LogP contribution in [0.4, 0.5) is 4.79 Å². The van der Waals surface area contributed by atoms with Crippen molar-refractivity contribution in [2.75, 3.05) is 13.1 Å². The van der Waals surface area contributed by atoms with Crippen molar-refractivity contribution in [1.29, 1.82) is 0 Å². The van der Waals surface area contributed by atoms with E-state index in [0.717, 1.165) is 31.5 Å². The highest BCUT2D eigenvalue weighted by molar-refractivity contribution is 5.68. The van der Waals surface area contributed by atoms with E-state index in [0.29, 0.717) is 12.5 Å². The van der Waals surface area contributed by atoms with E-state index in [1.807, 2.05) is 37.3 Å². The van der Waals surface area contributed by atoms with Gasteiger partial charge in [0, 0.05) is 19.1 Å². The molecule has 0 aliphatic carbocycles. The van der Waals surface area contributed by atoms with Crippen LogP contribution in [0.25, 0.3) is 0 Å². The highest BCUT2D eigenvalue weighted by Gasteiger charge is 2.27. The van der Waals surface area contributed by atoms with Gasteiger partial charge in [0.2, 0.25) is 0 Å². The molecule has 0 aromatic heterocycles. The fourth-order valence-corrected chi connectivity index (χ4v) is 2.53. The van der Waals surface area contributed by atoms with Crippen LogP contribution in [0, 0.1) is 5.92 Å². The van der Waals surface area contributed by atoms with Gasteiger partial charge in [-0.3, -0.25) is 0 Å². The highest BCUT2D eigenvalue weighted by Crippen LogP contribution is 2.21. The Morgan fingerprint density at radius 1 is 1.47 bits per heavy atom. The van der Waals surface area contributed by atoms with Crippen LogP contribution in [0.2, 0.25) is 0 Å². The molecule has 1 aromatic rings. The molecule has 1 amide bonds. The second-order valence-corrected chi connectivity index (χ2v) is 5.35. The number of hydrogen-bond acceptors (Lipinski definition) is 3. The van der Waals surface area contributed by atoms with Gasteiger partial charge in [-0.2, -0.15) is 0 Å². The summed E-state index contributed by atoms with van der Waals surface area (Å²) in [5.74, 6) is 0.518. The maximum absolute atomic E-state index is 11.9. The Morgan fingerprint density at radius 2 is 2.21 bits per heavy atom. The third kappa shape index (κ3) is 4.24. The van der Waals surface area contributed by atoms with Crippen molar-refractivity contribution in [3.05, 3.63) is 35.9 Å². The molecule has 4 heteroatoms. The SMILES string of the molecule is CC(N)CC1CCN(C(=O)OCc2ccccc2)C1. The quantitative estimate of drug-likeness (QED) is 0.906. The summed E-state index contributed by atoms with van der Waals surface area (Å²) in [4.78, 5) is 13.7. The number of hydrogen-bond donors (Lipinski definition) is 1. The Balaban J connectivity index is 1.75. The summed E-state index contributed by atoms with van der Waals surface area (Å²) >= 11 is 0. The number of ether oxygens (including phenoxy) is 1. The molecule has 1 saturated heterocycles. The topological polar surface area (TPSA) is 55.6 Å². The molecule has 19 heavy (non-hydrogen) atoms. The van der Waals surface area contributed by atoms with E-state index in [2.05, 4.69) is 0 Å². The number of nitrogens with zero attached hydrogens (tertiary/aromatic N) is 1. The molecule has 2 unspecified atom stereocenters. The summed E-state index contributed by atoms with van der Waals surface area (Å²) in [7, 11) is 0. The van der Waals surface area contributed by atoms with Gasteiger partial charge >= 0.3 is 6.09 Å². The second-order valence-electron chi connectivity index (χ2n) is 5.35. The van der Waals surface area contributed by atoms with Gasteiger partial charge in [0.05, 0.1) is 0 Å². The lowest BCUT2D eigenvalue weighted by Crippen LogP contribution is -2.30.